The van der Waals surface area contributed by atoms with Gasteiger partial charge in [-0.25, -0.2) is 0 Å². The zero-order valence-electron chi connectivity index (χ0n) is 10.8. The molecule has 2 unspecified atom stereocenters. The van der Waals surface area contributed by atoms with Crippen molar-refractivity contribution in [1.29, 1.82) is 0 Å². The minimum atomic E-state index is -0.454. The molecule has 0 saturated carbocycles. The summed E-state index contributed by atoms with van der Waals surface area (Å²) in [6.07, 6.45) is 0.361. The van der Waals surface area contributed by atoms with Gasteiger partial charge in [0, 0.05) is 18.7 Å². The summed E-state index contributed by atoms with van der Waals surface area (Å²) in [5.41, 5.74) is 0.650. The Labute approximate surface area is 116 Å². The Morgan fingerprint density at radius 3 is 3.11 bits per heavy atom. The van der Waals surface area contributed by atoms with Gasteiger partial charge in [-0.1, -0.05) is 18.8 Å². The van der Waals surface area contributed by atoms with Crippen LogP contribution in [0.25, 0.3) is 0 Å². The van der Waals surface area contributed by atoms with Crippen LogP contribution >= 0.6 is 11.3 Å². The number of likely N-dealkylation sites (tertiary alicyclic amines) is 1. The molecule has 1 fully saturated rings. The standard InChI is InChI=1S/C14H17NO3S/c1-10-4-6-15(9-12(10)17)14(18)13-11(3-2-7-16)5-8-19-13/h5,8,10,12,16-17H,4,6-7,9H2,1H3. The second-order valence-corrected chi connectivity index (χ2v) is 5.62. The highest BCUT2D eigenvalue weighted by Crippen LogP contribution is 2.23. The Balaban J connectivity index is 2.14. The average Bonchev–Trinajstić information content (AvgIpc) is 2.87. The number of carbonyl (C=O) groups excluding carboxylic acids is 1. The van der Waals surface area contributed by atoms with Gasteiger partial charge in [0.05, 0.1) is 6.10 Å². The van der Waals surface area contributed by atoms with Crippen LogP contribution in [0.2, 0.25) is 0 Å². The summed E-state index contributed by atoms with van der Waals surface area (Å²) in [7, 11) is 0. The smallest absolute Gasteiger partial charge is 0.265 e. The zero-order chi connectivity index (χ0) is 13.8. The van der Waals surface area contributed by atoms with E-state index in [9.17, 15) is 9.90 Å². The molecule has 2 rings (SSSR count). The number of aliphatic hydroxyl groups excluding tert-OH is 2. The number of rotatable bonds is 1. The summed E-state index contributed by atoms with van der Waals surface area (Å²) >= 11 is 1.35. The van der Waals surface area contributed by atoms with E-state index >= 15 is 0 Å². The topological polar surface area (TPSA) is 60.8 Å². The van der Waals surface area contributed by atoms with Crippen molar-refractivity contribution in [2.45, 2.75) is 19.4 Å². The Morgan fingerprint density at radius 2 is 2.42 bits per heavy atom. The van der Waals surface area contributed by atoms with Gasteiger partial charge in [0.1, 0.15) is 11.5 Å². The summed E-state index contributed by atoms with van der Waals surface area (Å²) in [6, 6.07) is 1.78. The summed E-state index contributed by atoms with van der Waals surface area (Å²) in [6.45, 7) is 2.83. The van der Waals surface area contributed by atoms with Crippen LogP contribution in [0.1, 0.15) is 28.6 Å². The Kier molecular flexibility index (Phi) is 4.59. The van der Waals surface area contributed by atoms with E-state index in [1.54, 1.807) is 11.0 Å². The molecule has 19 heavy (non-hydrogen) atoms. The lowest BCUT2D eigenvalue weighted by atomic mass is 9.96. The second kappa shape index (κ2) is 6.20. The van der Waals surface area contributed by atoms with Crippen LogP contribution in [-0.2, 0) is 0 Å². The highest BCUT2D eigenvalue weighted by atomic mass is 32.1. The van der Waals surface area contributed by atoms with Crippen molar-refractivity contribution in [2.24, 2.45) is 5.92 Å². The Hall–Kier alpha value is -1.35. The molecule has 1 aliphatic rings. The third kappa shape index (κ3) is 3.16. The number of hydrogen-bond acceptors (Lipinski definition) is 4. The maximum absolute atomic E-state index is 12.4. The molecule has 0 spiro atoms. The molecule has 1 aromatic rings. The van der Waals surface area contributed by atoms with Gasteiger partial charge < -0.3 is 15.1 Å². The molecule has 1 saturated heterocycles. The van der Waals surface area contributed by atoms with E-state index in [1.165, 1.54) is 11.3 Å². The predicted octanol–water partition coefficient (Wildman–Crippen LogP) is 0.935. The number of nitrogens with zero attached hydrogens (tertiary/aromatic N) is 1. The van der Waals surface area contributed by atoms with Gasteiger partial charge >= 0.3 is 0 Å². The third-order valence-electron chi connectivity index (χ3n) is 3.37. The highest BCUT2D eigenvalue weighted by Gasteiger charge is 2.29. The predicted molar refractivity (Wildman–Crippen MR) is 74.0 cm³/mol. The van der Waals surface area contributed by atoms with Gasteiger partial charge in [-0.15, -0.1) is 11.3 Å². The summed E-state index contributed by atoms with van der Waals surface area (Å²) in [5.74, 6) is 5.50. The molecule has 0 bridgehead atoms. The maximum atomic E-state index is 12.4. The molecule has 4 nitrogen and oxygen atoms in total. The monoisotopic (exact) mass is 279 g/mol. The number of β-amino-alcohol motifs (C(OH)–C–C–N with tert-alkyl or cyclic N) is 1. The fourth-order valence-corrected chi connectivity index (χ4v) is 2.90. The van der Waals surface area contributed by atoms with E-state index in [0.717, 1.165) is 6.42 Å². The van der Waals surface area contributed by atoms with E-state index in [4.69, 9.17) is 5.11 Å². The highest BCUT2D eigenvalue weighted by molar-refractivity contribution is 7.12. The summed E-state index contributed by atoms with van der Waals surface area (Å²) in [5, 5.41) is 20.4. The fourth-order valence-electron chi connectivity index (χ4n) is 2.09. The number of thiophene rings is 1. The van der Waals surface area contributed by atoms with Crippen LogP contribution < -0.4 is 0 Å². The van der Waals surface area contributed by atoms with E-state index in [0.29, 0.717) is 23.5 Å². The average molecular weight is 279 g/mol. The Morgan fingerprint density at radius 1 is 1.63 bits per heavy atom. The van der Waals surface area contributed by atoms with Crippen molar-refractivity contribution in [3.05, 3.63) is 21.9 Å². The second-order valence-electron chi connectivity index (χ2n) is 4.71. The number of amides is 1. The molecule has 0 aliphatic carbocycles. The van der Waals surface area contributed by atoms with Gasteiger partial charge in [0.2, 0.25) is 0 Å². The molecule has 2 N–H and O–H groups in total. The SMILES string of the molecule is CC1CCN(C(=O)c2sccc2C#CCO)CC1O. The number of carbonyl (C=O) groups is 1. The zero-order valence-corrected chi connectivity index (χ0v) is 11.6. The first-order valence-electron chi connectivity index (χ1n) is 6.28. The lowest BCUT2D eigenvalue weighted by molar-refractivity contribution is 0.0251. The lowest BCUT2D eigenvalue weighted by Crippen LogP contribution is -2.45. The maximum Gasteiger partial charge on any atom is 0.265 e. The molecule has 102 valence electrons. The minimum absolute atomic E-state index is 0.0804. The van der Waals surface area contributed by atoms with Gasteiger partial charge in [0.15, 0.2) is 0 Å². The van der Waals surface area contributed by atoms with Crippen LogP contribution in [0.5, 0.6) is 0 Å². The normalized spacial score (nSPS) is 22.8. The number of aliphatic hydroxyl groups is 2. The molecule has 1 amide bonds. The van der Waals surface area contributed by atoms with Crippen molar-refractivity contribution in [1.82, 2.24) is 4.90 Å². The van der Waals surface area contributed by atoms with Crippen molar-refractivity contribution in [3.63, 3.8) is 0 Å². The first-order valence-corrected chi connectivity index (χ1v) is 7.16. The first-order chi connectivity index (χ1) is 9.13. The largest absolute Gasteiger partial charge is 0.391 e. The van der Waals surface area contributed by atoms with Gasteiger partial charge in [-0.3, -0.25) is 4.79 Å². The molecule has 5 heteroatoms. The summed E-state index contributed by atoms with van der Waals surface area (Å²) in [4.78, 5) is 14.7. The molecule has 2 atom stereocenters. The first kappa shape index (κ1) is 14.1. The molecule has 1 aromatic heterocycles. The van der Waals surface area contributed by atoms with E-state index in [-0.39, 0.29) is 18.4 Å². The van der Waals surface area contributed by atoms with E-state index in [1.807, 2.05) is 12.3 Å². The molecule has 0 aromatic carbocycles. The van der Waals surface area contributed by atoms with Gasteiger partial charge in [-0.2, -0.15) is 0 Å². The van der Waals surface area contributed by atoms with Crippen molar-refractivity contribution < 1.29 is 15.0 Å². The van der Waals surface area contributed by atoms with Crippen molar-refractivity contribution in [2.75, 3.05) is 19.7 Å². The van der Waals surface area contributed by atoms with Crippen LogP contribution in [0, 0.1) is 17.8 Å². The number of piperidine rings is 1. The molecular weight excluding hydrogens is 262 g/mol. The fraction of sp³-hybridized carbons (Fsp3) is 0.500. The van der Waals surface area contributed by atoms with Crippen molar-refractivity contribution in [3.8, 4) is 11.8 Å². The molecule has 0 radical (unpaired) electrons. The van der Waals surface area contributed by atoms with Crippen LogP contribution in [0.4, 0.5) is 0 Å². The third-order valence-corrected chi connectivity index (χ3v) is 4.27. The van der Waals surface area contributed by atoms with Crippen LogP contribution in [0.3, 0.4) is 0 Å². The Bertz CT molecular complexity index is 514. The van der Waals surface area contributed by atoms with Crippen LogP contribution in [0.15, 0.2) is 11.4 Å². The quantitative estimate of drug-likeness (QED) is 0.752. The molecule has 2 heterocycles. The lowest BCUT2D eigenvalue weighted by Gasteiger charge is -2.34. The van der Waals surface area contributed by atoms with E-state index < -0.39 is 6.10 Å². The van der Waals surface area contributed by atoms with Gasteiger partial charge in [0.25, 0.3) is 5.91 Å². The van der Waals surface area contributed by atoms with Crippen LogP contribution in [-0.4, -0.2) is 46.8 Å². The molecule has 1 aliphatic heterocycles. The number of hydrogen-bond donors (Lipinski definition) is 2. The van der Waals surface area contributed by atoms with Gasteiger partial charge in [-0.05, 0) is 23.8 Å². The van der Waals surface area contributed by atoms with E-state index in [2.05, 4.69) is 11.8 Å². The molecular formula is C14H17NO3S. The minimum Gasteiger partial charge on any atom is -0.391 e. The summed E-state index contributed by atoms with van der Waals surface area (Å²) < 4.78 is 0. The van der Waals surface area contributed by atoms with Crippen molar-refractivity contribution >= 4 is 17.2 Å².